The molecule has 3 N–H and O–H groups in total. The van der Waals surface area contributed by atoms with Gasteiger partial charge in [0.15, 0.2) is 15.7 Å². The maximum atomic E-state index is 12.9. The van der Waals surface area contributed by atoms with E-state index in [-0.39, 0.29) is 34.7 Å². The van der Waals surface area contributed by atoms with Gasteiger partial charge in [0.25, 0.3) is 5.89 Å². The molecule has 1 heterocycles. The Morgan fingerprint density at radius 3 is 2.44 bits per heavy atom. The number of aryl methyl sites for hydroxylation is 1. The predicted octanol–water partition coefficient (Wildman–Crippen LogP) is 3.31. The molecule has 0 aliphatic carbocycles. The minimum atomic E-state index is -3.66. The fourth-order valence-corrected chi connectivity index (χ4v) is 4.93. The quantitative estimate of drug-likeness (QED) is 0.211. The molecule has 39 heavy (non-hydrogen) atoms. The van der Waals surface area contributed by atoms with Crippen LogP contribution in [-0.4, -0.2) is 61.7 Å². The van der Waals surface area contributed by atoms with Gasteiger partial charge in [-0.15, -0.1) is 0 Å². The number of aliphatic hydroxyl groups is 1. The van der Waals surface area contributed by atoms with Crippen molar-refractivity contribution >= 4 is 9.84 Å². The van der Waals surface area contributed by atoms with Crippen molar-refractivity contribution in [2.45, 2.75) is 30.1 Å². The lowest BCUT2D eigenvalue weighted by molar-refractivity contribution is 0.106. The van der Waals surface area contributed by atoms with E-state index in [2.05, 4.69) is 15.5 Å². The van der Waals surface area contributed by atoms with Crippen LogP contribution in [0.4, 0.5) is 0 Å². The normalized spacial score (nSPS) is 12.3. The number of nitrogens with zero attached hydrogens (tertiary/aromatic N) is 2. The van der Waals surface area contributed by atoms with Crippen LogP contribution in [0.15, 0.2) is 76.1 Å². The Hall–Kier alpha value is -3.93. The minimum Gasteiger partial charge on any atom is -0.508 e. The maximum Gasteiger partial charge on any atom is 0.257 e. The second-order valence-corrected chi connectivity index (χ2v) is 11.0. The van der Waals surface area contributed by atoms with Crippen LogP contribution >= 0.6 is 0 Å². The van der Waals surface area contributed by atoms with Crippen molar-refractivity contribution in [3.63, 3.8) is 0 Å². The molecule has 1 aromatic heterocycles. The molecule has 0 aliphatic heterocycles. The molecule has 0 saturated carbocycles. The molecular formula is C28H31N3O7S. The molecule has 1 atom stereocenters. The lowest BCUT2D eigenvalue weighted by Crippen LogP contribution is -2.32. The van der Waals surface area contributed by atoms with Gasteiger partial charge in [-0.3, -0.25) is 0 Å². The first-order valence-electron chi connectivity index (χ1n) is 12.3. The van der Waals surface area contributed by atoms with Crippen LogP contribution in [0, 0.1) is 6.92 Å². The molecule has 0 amide bonds. The Balaban J connectivity index is 1.22. The molecule has 0 saturated heterocycles. The number of aliphatic hydroxyl groups excluding tert-OH is 1. The summed E-state index contributed by atoms with van der Waals surface area (Å²) in [5.74, 6) is 1.40. The number of benzene rings is 3. The van der Waals surface area contributed by atoms with Crippen molar-refractivity contribution in [2.75, 3.05) is 26.8 Å². The number of phenolic OH excluding ortho intramolecular Hbond substituents is 1. The van der Waals surface area contributed by atoms with E-state index < -0.39 is 15.9 Å². The topological polar surface area (TPSA) is 144 Å². The summed E-state index contributed by atoms with van der Waals surface area (Å²) in [6.07, 6.45) is -0.0526. The van der Waals surface area contributed by atoms with Crippen LogP contribution in [0.5, 0.6) is 17.2 Å². The molecule has 0 aliphatic rings. The molecule has 0 unspecified atom stereocenters. The van der Waals surface area contributed by atoms with Gasteiger partial charge in [0.05, 0.1) is 12.0 Å². The van der Waals surface area contributed by atoms with E-state index in [1.807, 2.05) is 0 Å². The van der Waals surface area contributed by atoms with Crippen LogP contribution in [0.2, 0.25) is 0 Å². The SMILES string of the molecule is COc1ccc(-c2nc(CS(=O)(=O)c3ccc(CCNC[C@H](O)COc4ccc(O)c(C)c4)cc3)no2)cc1. The highest BCUT2D eigenvalue weighted by molar-refractivity contribution is 7.90. The molecule has 0 spiro atoms. The Labute approximate surface area is 227 Å². The highest BCUT2D eigenvalue weighted by Crippen LogP contribution is 2.23. The highest BCUT2D eigenvalue weighted by atomic mass is 32.2. The van der Waals surface area contributed by atoms with Gasteiger partial charge in [0.2, 0.25) is 0 Å². The van der Waals surface area contributed by atoms with Gasteiger partial charge in [0.1, 0.15) is 35.7 Å². The zero-order chi connectivity index (χ0) is 27.8. The van der Waals surface area contributed by atoms with Crippen molar-refractivity contribution in [1.82, 2.24) is 15.5 Å². The molecule has 3 aromatic carbocycles. The zero-order valence-corrected chi connectivity index (χ0v) is 22.5. The number of phenols is 1. The number of ether oxygens (including phenoxy) is 2. The first kappa shape index (κ1) is 28.1. The standard InChI is InChI=1S/C28H31N3O7S/c1-19-15-24(9-12-26(19)33)37-17-22(32)16-29-14-13-20-3-10-25(11-4-20)39(34,35)18-27-30-28(38-31-27)21-5-7-23(36-2)8-6-21/h3-12,15,22,29,32-33H,13-14,16-18H2,1-2H3/t22-/m0/s1. The van der Waals surface area contributed by atoms with Gasteiger partial charge in [0, 0.05) is 12.1 Å². The lowest BCUT2D eigenvalue weighted by Gasteiger charge is -2.14. The van der Waals surface area contributed by atoms with Gasteiger partial charge < -0.3 is 29.5 Å². The Morgan fingerprint density at radius 2 is 1.74 bits per heavy atom. The van der Waals surface area contributed by atoms with Crippen LogP contribution in [0.3, 0.4) is 0 Å². The molecule has 10 nitrogen and oxygen atoms in total. The summed E-state index contributed by atoms with van der Waals surface area (Å²) >= 11 is 0. The minimum absolute atomic E-state index is 0.0807. The summed E-state index contributed by atoms with van der Waals surface area (Å²) in [7, 11) is -2.09. The predicted molar refractivity (Wildman–Crippen MR) is 145 cm³/mol. The van der Waals surface area contributed by atoms with E-state index in [1.165, 1.54) is 0 Å². The van der Waals surface area contributed by atoms with E-state index in [0.29, 0.717) is 42.1 Å². The van der Waals surface area contributed by atoms with Gasteiger partial charge in [-0.05, 0) is 85.6 Å². The van der Waals surface area contributed by atoms with Crippen molar-refractivity contribution in [1.29, 1.82) is 0 Å². The van der Waals surface area contributed by atoms with E-state index in [1.54, 1.807) is 80.8 Å². The maximum absolute atomic E-state index is 12.9. The van der Waals surface area contributed by atoms with E-state index in [9.17, 15) is 18.6 Å². The summed E-state index contributed by atoms with van der Waals surface area (Å²) in [6.45, 7) is 2.83. The first-order chi connectivity index (χ1) is 18.7. The lowest BCUT2D eigenvalue weighted by atomic mass is 10.1. The summed E-state index contributed by atoms with van der Waals surface area (Å²) < 4.78 is 41.7. The third-order valence-corrected chi connectivity index (χ3v) is 7.62. The zero-order valence-electron chi connectivity index (χ0n) is 21.7. The molecule has 4 rings (SSSR count). The third kappa shape index (κ3) is 7.79. The molecule has 0 bridgehead atoms. The fraction of sp³-hybridized carbons (Fsp3) is 0.286. The Kier molecular flexibility index (Phi) is 9.18. The number of aromatic nitrogens is 2. The number of hydrogen-bond acceptors (Lipinski definition) is 10. The molecular weight excluding hydrogens is 522 g/mol. The molecule has 11 heteroatoms. The van der Waals surface area contributed by atoms with Crippen LogP contribution in [0.25, 0.3) is 11.5 Å². The molecule has 4 aromatic rings. The summed E-state index contributed by atoms with van der Waals surface area (Å²) in [5, 5.41) is 26.7. The number of hydrogen-bond donors (Lipinski definition) is 3. The average molecular weight is 554 g/mol. The van der Waals surface area contributed by atoms with E-state index in [0.717, 1.165) is 5.56 Å². The van der Waals surface area contributed by atoms with Gasteiger partial charge in [-0.2, -0.15) is 4.98 Å². The second kappa shape index (κ2) is 12.7. The van der Waals surface area contributed by atoms with Crippen molar-refractivity contribution in [3.8, 4) is 28.7 Å². The van der Waals surface area contributed by atoms with Gasteiger partial charge >= 0.3 is 0 Å². The number of nitrogens with one attached hydrogen (secondary N) is 1. The molecule has 0 radical (unpaired) electrons. The van der Waals surface area contributed by atoms with Crippen LogP contribution in [-0.2, 0) is 22.0 Å². The summed E-state index contributed by atoms with van der Waals surface area (Å²) in [5.41, 5.74) is 2.32. The number of methoxy groups -OCH3 is 1. The monoisotopic (exact) mass is 553 g/mol. The molecule has 206 valence electrons. The second-order valence-electron chi connectivity index (χ2n) is 9.01. The smallest absolute Gasteiger partial charge is 0.257 e. The van der Waals surface area contributed by atoms with Gasteiger partial charge in [-0.1, -0.05) is 17.3 Å². The van der Waals surface area contributed by atoms with Crippen molar-refractivity contribution in [3.05, 3.63) is 83.7 Å². The Bertz CT molecular complexity index is 1470. The number of rotatable bonds is 13. The highest BCUT2D eigenvalue weighted by Gasteiger charge is 2.20. The molecule has 0 fully saturated rings. The van der Waals surface area contributed by atoms with Gasteiger partial charge in [-0.25, -0.2) is 8.42 Å². The van der Waals surface area contributed by atoms with Crippen LogP contribution < -0.4 is 14.8 Å². The first-order valence-corrected chi connectivity index (χ1v) is 14.0. The average Bonchev–Trinajstić information content (AvgIpc) is 3.40. The largest absolute Gasteiger partial charge is 0.508 e. The number of sulfone groups is 1. The fourth-order valence-electron chi connectivity index (χ4n) is 3.75. The van der Waals surface area contributed by atoms with Crippen molar-refractivity contribution < 1.29 is 32.6 Å². The number of aromatic hydroxyl groups is 1. The third-order valence-electron chi connectivity index (χ3n) is 5.99. The van der Waals surface area contributed by atoms with E-state index >= 15 is 0 Å². The Morgan fingerprint density at radius 1 is 1.03 bits per heavy atom. The van der Waals surface area contributed by atoms with Crippen LogP contribution in [0.1, 0.15) is 17.0 Å². The van der Waals surface area contributed by atoms with E-state index in [4.69, 9.17) is 14.0 Å². The summed E-state index contributed by atoms with van der Waals surface area (Å²) in [6, 6.07) is 18.6. The van der Waals surface area contributed by atoms with Crippen molar-refractivity contribution in [2.24, 2.45) is 0 Å². The summed E-state index contributed by atoms with van der Waals surface area (Å²) in [4.78, 5) is 4.39.